The summed E-state index contributed by atoms with van der Waals surface area (Å²) in [4.78, 5) is 29.6. The molecule has 1 atom stereocenters. The zero-order valence-electron chi connectivity index (χ0n) is 20.3. The van der Waals surface area contributed by atoms with Crippen LogP contribution in [0, 0.1) is 0 Å². The molecule has 1 N–H and O–H groups in total. The Morgan fingerprint density at radius 1 is 0.889 bits per heavy atom. The van der Waals surface area contributed by atoms with Gasteiger partial charge < -0.3 is 15.0 Å². The van der Waals surface area contributed by atoms with Crippen LogP contribution in [-0.2, 0) is 29.2 Å². The Hall–Kier alpha value is -3.13. The van der Waals surface area contributed by atoms with Gasteiger partial charge >= 0.3 is 0 Å². The Balaban J connectivity index is 1.17. The maximum absolute atomic E-state index is 12.8. The molecule has 0 aliphatic carbocycles. The SMILES string of the molecule is O=C(NCc1cccc(CN2CCOCC2)c1)c1ccc(C2SCC(=O)N2Cc2ccccc2)cc1. The fourth-order valence-electron chi connectivity index (χ4n) is 4.62. The lowest BCUT2D eigenvalue weighted by Crippen LogP contribution is -2.35. The molecule has 0 saturated carbocycles. The van der Waals surface area contributed by atoms with Gasteiger partial charge in [0, 0.05) is 38.3 Å². The first-order valence-electron chi connectivity index (χ1n) is 12.4. The zero-order chi connectivity index (χ0) is 24.7. The van der Waals surface area contributed by atoms with Crippen LogP contribution < -0.4 is 5.32 Å². The highest BCUT2D eigenvalue weighted by Gasteiger charge is 2.32. The van der Waals surface area contributed by atoms with E-state index in [-0.39, 0.29) is 17.2 Å². The number of ether oxygens (including phenoxy) is 1. The van der Waals surface area contributed by atoms with E-state index in [9.17, 15) is 9.59 Å². The van der Waals surface area contributed by atoms with Crippen molar-refractivity contribution < 1.29 is 14.3 Å². The van der Waals surface area contributed by atoms with Gasteiger partial charge in [0.15, 0.2) is 0 Å². The molecule has 3 aromatic carbocycles. The summed E-state index contributed by atoms with van der Waals surface area (Å²) in [5, 5.41) is 3.00. The van der Waals surface area contributed by atoms with Gasteiger partial charge in [0.05, 0.1) is 19.0 Å². The monoisotopic (exact) mass is 501 g/mol. The average molecular weight is 502 g/mol. The van der Waals surface area contributed by atoms with Gasteiger partial charge in [-0.2, -0.15) is 0 Å². The number of carbonyl (C=O) groups excluding carboxylic acids is 2. The predicted molar refractivity (Wildman–Crippen MR) is 142 cm³/mol. The van der Waals surface area contributed by atoms with Crippen LogP contribution in [-0.4, -0.2) is 53.7 Å². The molecule has 2 amide bonds. The Morgan fingerprint density at radius 2 is 1.61 bits per heavy atom. The first-order valence-corrected chi connectivity index (χ1v) is 13.4. The lowest BCUT2D eigenvalue weighted by Gasteiger charge is -2.26. The molecule has 7 heteroatoms. The summed E-state index contributed by atoms with van der Waals surface area (Å²) in [6, 6.07) is 26.1. The molecular weight excluding hydrogens is 470 g/mol. The standard InChI is InChI=1S/C29H31N3O3S/c33-27-21-36-29(32(27)20-22-5-2-1-3-6-22)26-11-9-25(10-12-26)28(34)30-18-23-7-4-8-24(17-23)19-31-13-15-35-16-14-31/h1-12,17,29H,13-16,18-21H2,(H,30,34). The maximum Gasteiger partial charge on any atom is 0.251 e. The predicted octanol–water partition coefficient (Wildman–Crippen LogP) is 4.22. The van der Waals surface area contributed by atoms with Crippen LogP contribution in [0.2, 0.25) is 0 Å². The molecule has 3 aromatic rings. The van der Waals surface area contributed by atoms with Crippen LogP contribution in [0.25, 0.3) is 0 Å². The van der Waals surface area contributed by atoms with Crippen molar-refractivity contribution in [1.29, 1.82) is 0 Å². The minimum absolute atomic E-state index is 0.0379. The maximum atomic E-state index is 12.8. The minimum atomic E-state index is -0.101. The van der Waals surface area contributed by atoms with Crippen molar-refractivity contribution >= 4 is 23.6 Å². The van der Waals surface area contributed by atoms with Crippen LogP contribution >= 0.6 is 11.8 Å². The fourth-order valence-corrected chi connectivity index (χ4v) is 5.81. The number of thioether (sulfide) groups is 1. The number of hydrogen-bond acceptors (Lipinski definition) is 5. The molecule has 0 spiro atoms. The Bertz CT molecular complexity index is 1180. The van der Waals surface area contributed by atoms with Crippen molar-refractivity contribution in [2.75, 3.05) is 32.1 Å². The number of morpholine rings is 1. The summed E-state index contributed by atoms with van der Waals surface area (Å²) in [5.41, 5.74) is 5.10. The molecule has 186 valence electrons. The molecule has 0 bridgehead atoms. The molecule has 2 aliphatic rings. The molecule has 0 aromatic heterocycles. The van der Waals surface area contributed by atoms with Gasteiger partial charge in [-0.15, -0.1) is 11.8 Å². The van der Waals surface area contributed by atoms with E-state index >= 15 is 0 Å². The number of amides is 2. The number of nitrogens with one attached hydrogen (secondary N) is 1. The molecule has 0 radical (unpaired) electrons. The van der Waals surface area contributed by atoms with Gasteiger partial charge in [0.2, 0.25) is 5.91 Å². The van der Waals surface area contributed by atoms with E-state index in [1.165, 1.54) is 5.56 Å². The van der Waals surface area contributed by atoms with Gasteiger partial charge in [-0.1, -0.05) is 66.7 Å². The van der Waals surface area contributed by atoms with Crippen molar-refractivity contribution in [3.8, 4) is 0 Å². The van der Waals surface area contributed by atoms with Crippen molar-refractivity contribution in [2.24, 2.45) is 0 Å². The van der Waals surface area contributed by atoms with E-state index in [4.69, 9.17) is 4.74 Å². The van der Waals surface area contributed by atoms with Gasteiger partial charge in [-0.3, -0.25) is 14.5 Å². The fraction of sp³-hybridized carbons (Fsp3) is 0.310. The third-order valence-corrected chi connectivity index (χ3v) is 7.83. The number of nitrogens with zero attached hydrogens (tertiary/aromatic N) is 2. The number of carbonyl (C=O) groups is 2. The van der Waals surface area contributed by atoms with Crippen LogP contribution in [0.15, 0.2) is 78.9 Å². The van der Waals surface area contributed by atoms with E-state index in [1.807, 2.05) is 71.6 Å². The van der Waals surface area contributed by atoms with Crippen LogP contribution in [0.3, 0.4) is 0 Å². The van der Waals surface area contributed by atoms with Crippen molar-refractivity contribution in [2.45, 2.75) is 25.0 Å². The minimum Gasteiger partial charge on any atom is -0.379 e. The van der Waals surface area contributed by atoms with Crippen molar-refractivity contribution in [1.82, 2.24) is 15.1 Å². The quantitative estimate of drug-likeness (QED) is 0.501. The Labute approximate surface area is 216 Å². The van der Waals surface area contributed by atoms with E-state index in [0.29, 0.717) is 24.4 Å². The van der Waals surface area contributed by atoms with Crippen molar-refractivity contribution in [3.05, 3.63) is 107 Å². The van der Waals surface area contributed by atoms with Gasteiger partial charge in [0.1, 0.15) is 5.37 Å². The highest BCUT2D eigenvalue weighted by molar-refractivity contribution is 8.00. The van der Waals surface area contributed by atoms with E-state index in [1.54, 1.807) is 11.8 Å². The third-order valence-electron chi connectivity index (χ3n) is 6.58. The lowest BCUT2D eigenvalue weighted by molar-refractivity contribution is -0.128. The summed E-state index contributed by atoms with van der Waals surface area (Å²) in [7, 11) is 0. The largest absolute Gasteiger partial charge is 0.379 e. The van der Waals surface area contributed by atoms with E-state index < -0.39 is 0 Å². The lowest BCUT2D eigenvalue weighted by atomic mass is 10.1. The number of hydrogen-bond donors (Lipinski definition) is 1. The molecule has 5 rings (SSSR count). The smallest absolute Gasteiger partial charge is 0.251 e. The topological polar surface area (TPSA) is 61.9 Å². The van der Waals surface area contributed by atoms with Crippen LogP contribution in [0.5, 0.6) is 0 Å². The molecule has 2 saturated heterocycles. The summed E-state index contributed by atoms with van der Waals surface area (Å²) in [6.45, 7) is 5.45. The van der Waals surface area contributed by atoms with Crippen LogP contribution in [0.1, 0.15) is 38.0 Å². The number of benzene rings is 3. The summed E-state index contributed by atoms with van der Waals surface area (Å²) in [5.74, 6) is 0.521. The first-order chi connectivity index (χ1) is 17.7. The third kappa shape index (κ3) is 6.16. The number of rotatable bonds is 8. The molecule has 2 aliphatic heterocycles. The molecule has 6 nitrogen and oxygen atoms in total. The van der Waals surface area contributed by atoms with Gasteiger partial charge in [-0.05, 0) is 34.4 Å². The van der Waals surface area contributed by atoms with Crippen molar-refractivity contribution in [3.63, 3.8) is 0 Å². The van der Waals surface area contributed by atoms with Gasteiger partial charge in [0.25, 0.3) is 5.91 Å². The summed E-state index contributed by atoms with van der Waals surface area (Å²) < 4.78 is 5.43. The summed E-state index contributed by atoms with van der Waals surface area (Å²) in [6.07, 6.45) is 0. The molecule has 1 unspecified atom stereocenters. The second kappa shape index (κ2) is 11.7. The molecule has 36 heavy (non-hydrogen) atoms. The highest BCUT2D eigenvalue weighted by Crippen LogP contribution is 2.39. The zero-order valence-corrected chi connectivity index (χ0v) is 21.1. The average Bonchev–Trinajstić information content (AvgIpc) is 3.28. The molecule has 2 heterocycles. The van der Waals surface area contributed by atoms with Crippen LogP contribution in [0.4, 0.5) is 0 Å². The normalized spacial score (nSPS) is 18.4. The second-order valence-corrected chi connectivity index (χ2v) is 10.3. The van der Waals surface area contributed by atoms with E-state index in [0.717, 1.165) is 49.5 Å². The Morgan fingerprint density at radius 3 is 2.39 bits per heavy atom. The second-order valence-electron chi connectivity index (χ2n) is 9.18. The van der Waals surface area contributed by atoms with E-state index in [2.05, 4.69) is 22.3 Å². The van der Waals surface area contributed by atoms with Gasteiger partial charge in [-0.25, -0.2) is 0 Å². The Kier molecular flexibility index (Phi) is 8.01. The summed E-state index contributed by atoms with van der Waals surface area (Å²) >= 11 is 1.63. The first kappa shape index (κ1) is 24.6. The highest BCUT2D eigenvalue weighted by atomic mass is 32.2. The molecular formula is C29H31N3O3S. The molecule has 2 fully saturated rings.